The molecule has 1 aliphatic carbocycles. The monoisotopic (exact) mass is 374 g/mol. The van der Waals surface area contributed by atoms with Crippen LogP contribution in [0.3, 0.4) is 0 Å². The fraction of sp³-hybridized carbons (Fsp3) is 0.667. The third-order valence-corrected chi connectivity index (χ3v) is 6.57. The topological polar surface area (TPSA) is 18.5 Å². The molecule has 1 fully saturated rings. The lowest BCUT2D eigenvalue weighted by molar-refractivity contribution is 0.0251. The molecule has 2 rings (SSSR count). The number of ether oxygens (including phenoxy) is 2. The van der Waals surface area contributed by atoms with Gasteiger partial charge in [0.05, 0.1) is 12.7 Å². The van der Waals surface area contributed by atoms with Crippen molar-refractivity contribution in [3.8, 4) is 5.75 Å². The van der Waals surface area contributed by atoms with Crippen LogP contribution in [0.25, 0.3) is 0 Å². The standard InChI is InChI=1S/C18H28Cl2O2Si/c1-2-12-21-17-8-4-15(5-9-17)16-6-10-18(11-7-16)22-13-3-14-23(19)20/h4-5,8-9,16,18,23H,2-3,6-7,10-14H2,1H3. The normalized spacial score (nSPS) is 21.6. The van der Waals surface area contributed by atoms with Gasteiger partial charge in [0.1, 0.15) is 5.75 Å². The van der Waals surface area contributed by atoms with E-state index in [4.69, 9.17) is 31.6 Å². The highest BCUT2D eigenvalue weighted by molar-refractivity contribution is 7.33. The Balaban J connectivity index is 1.69. The van der Waals surface area contributed by atoms with Gasteiger partial charge in [-0.1, -0.05) is 19.1 Å². The molecule has 5 heteroatoms. The predicted octanol–water partition coefficient (Wildman–Crippen LogP) is 5.61. The fourth-order valence-electron chi connectivity index (χ4n) is 3.11. The zero-order valence-electron chi connectivity index (χ0n) is 14.0. The molecule has 1 saturated carbocycles. The Kier molecular flexibility index (Phi) is 8.81. The minimum absolute atomic E-state index is 0.421. The van der Waals surface area contributed by atoms with Crippen LogP contribution in [0.15, 0.2) is 24.3 Å². The predicted molar refractivity (Wildman–Crippen MR) is 101 cm³/mol. The summed E-state index contributed by atoms with van der Waals surface area (Å²) in [6.45, 7) is 3.72. The van der Waals surface area contributed by atoms with E-state index in [1.807, 2.05) is 0 Å². The quantitative estimate of drug-likeness (QED) is 0.317. The molecule has 0 radical (unpaired) electrons. The van der Waals surface area contributed by atoms with Gasteiger partial charge in [0.2, 0.25) is 7.42 Å². The van der Waals surface area contributed by atoms with Gasteiger partial charge in [0.15, 0.2) is 0 Å². The first kappa shape index (κ1) is 19.1. The van der Waals surface area contributed by atoms with Gasteiger partial charge in [-0.3, -0.25) is 0 Å². The van der Waals surface area contributed by atoms with E-state index in [9.17, 15) is 0 Å². The molecule has 1 aromatic rings. The zero-order chi connectivity index (χ0) is 16.5. The molecule has 0 amide bonds. The molecular formula is C18H28Cl2O2Si. The Labute approximate surface area is 151 Å². The molecule has 130 valence electrons. The molecule has 0 bridgehead atoms. The minimum Gasteiger partial charge on any atom is -0.494 e. The van der Waals surface area contributed by atoms with Crippen LogP contribution in [0.1, 0.15) is 56.9 Å². The summed E-state index contributed by atoms with van der Waals surface area (Å²) in [4.78, 5) is 0. The highest BCUT2D eigenvalue weighted by Gasteiger charge is 2.22. The molecule has 1 aromatic carbocycles. The molecule has 0 heterocycles. The Morgan fingerprint density at radius 1 is 1.04 bits per heavy atom. The van der Waals surface area contributed by atoms with Crippen LogP contribution in [0.5, 0.6) is 5.75 Å². The summed E-state index contributed by atoms with van der Waals surface area (Å²) in [5.74, 6) is 1.64. The molecule has 0 N–H and O–H groups in total. The van der Waals surface area contributed by atoms with Gasteiger partial charge in [-0.25, -0.2) is 0 Å². The summed E-state index contributed by atoms with van der Waals surface area (Å²) >= 11 is 11.7. The van der Waals surface area contributed by atoms with Crippen molar-refractivity contribution in [2.45, 2.75) is 63.5 Å². The van der Waals surface area contributed by atoms with Crippen molar-refractivity contribution in [3.05, 3.63) is 29.8 Å². The van der Waals surface area contributed by atoms with Crippen LogP contribution in [0, 0.1) is 0 Å². The molecule has 0 aliphatic heterocycles. The molecule has 0 atom stereocenters. The average molecular weight is 375 g/mol. The summed E-state index contributed by atoms with van der Waals surface area (Å²) in [6.07, 6.45) is 7.20. The van der Waals surface area contributed by atoms with Crippen molar-refractivity contribution in [2.24, 2.45) is 0 Å². The van der Waals surface area contributed by atoms with Crippen molar-refractivity contribution in [2.75, 3.05) is 13.2 Å². The average Bonchev–Trinajstić information content (AvgIpc) is 2.58. The third kappa shape index (κ3) is 7.04. The lowest BCUT2D eigenvalue weighted by Gasteiger charge is -2.29. The zero-order valence-corrected chi connectivity index (χ0v) is 16.6. The highest BCUT2D eigenvalue weighted by Crippen LogP contribution is 2.34. The van der Waals surface area contributed by atoms with Gasteiger partial charge in [-0.15, -0.1) is 0 Å². The summed E-state index contributed by atoms with van der Waals surface area (Å²) < 4.78 is 11.6. The van der Waals surface area contributed by atoms with Crippen molar-refractivity contribution >= 4 is 29.6 Å². The minimum atomic E-state index is -1.45. The van der Waals surface area contributed by atoms with E-state index >= 15 is 0 Å². The second-order valence-corrected chi connectivity index (χ2v) is 11.5. The van der Waals surface area contributed by atoms with Gasteiger partial charge in [0, 0.05) is 6.61 Å². The molecule has 0 saturated heterocycles. The van der Waals surface area contributed by atoms with Crippen LogP contribution < -0.4 is 4.74 Å². The number of rotatable bonds is 9. The number of hydrogen-bond acceptors (Lipinski definition) is 2. The number of hydrogen-bond donors (Lipinski definition) is 0. The van der Waals surface area contributed by atoms with E-state index in [-0.39, 0.29) is 0 Å². The molecule has 2 nitrogen and oxygen atoms in total. The maximum atomic E-state index is 5.97. The lowest BCUT2D eigenvalue weighted by Crippen LogP contribution is -2.21. The lowest BCUT2D eigenvalue weighted by atomic mass is 9.83. The van der Waals surface area contributed by atoms with E-state index in [2.05, 4.69) is 31.2 Å². The second kappa shape index (κ2) is 10.6. The van der Waals surface area contributed by atoms with E-state index in [0.717, 1.165) is 50.7 Å². The Hall–Kier alpha value is -0.223. The smallest absolute Gasteiger partial charge is 0.237 e. The Morgan fingerprint density at radius 2 is 1.74 bits per heavy atom. The van der Waals surface area contributed by atoms with Crippen LogP contribution in [-0.2, 0) is 4.74 Å². The van der Waals surface area contributed by atoms with E-state index in [1.165, 1.54) is 18.4 Å². The first-order valence-electron chi connectivity index (χ1n) is 8.81. The van der Waals surface area contributed by atoms with E-state index in [0.29, 0.717) is 12.0 Å². The van der Waals surface area contributed by atoms with Crippen molar-refractivity contribution in [3.63, 3.8) is 0 Å². The Bertz CT molecular complexity index is 431. The molecular weight excluding hydrogens is 347 g/mol. The van der Waals surface area contributed by atoms with Gasteiger partial charge >= 0.3 is 0 Å². The maximum absolute atomic E-state index is 5.97. The summed E-state index contributed by atoms with van der Waals surface area (Å²) in [5.41, 5.74) is 1.44. The summed E-state index contributed by atoms with van der Waals surface area (Å²) in [6, 6.07) is 9.61. The van der Waals surface area contributed by atoms with Gasteiger partial charge in [-0.2, -0.15) is 22.2 Å². The van der Waals surface area contributed by atoms with Crippen molar-refractivity contribution in [1.29, 1.82) is 0 Å². The molecule has 23 heavy (non-hydrogen) atoms. The molecule has 0 spiro atoms. The maximum Gasteiger partial charge on any atom is 0.237 e. The fourth-order valence-corrected chi connectivity index (χ4v) is 4.51. The largest absolute Gasteiger partial charge is 0.494 e. The second-order valence-electron chi connectivity index (χ2n) is 6.30. The number of halogens is 2. The van der Waals surface area contributed by atoms with E-state index < -0.39 is 7.42 Å². The van der Waals surface area contributed by atoms with Crippen molar-refractivity contribution in [1.82, 2.24) is 0 Å². The first-order valence-corrected chi connectivity index (χ1v) is 13.1. The van der Waals surface area contributed by atoms with Crippen molar-refractivity contribution < 1.29 is 9.47 Å². The molecule has 1 aliphatic rings. The SMILES string of the molecule is CCCOc1ccc(C2CCC(OCCC[SiH](Cl)Cl)CC2)cc1. The Morgan fingerprint density at radius 3 is 2.35 bits per heavy atom. The first-order chi connectivity index (χ1) is 11.2. The van der Waals surface area contributed by atoms with Crippen LogP contribution in [0.2, 0.25) is 6.04 Å². The van der Waals surface area contributed by atoms with Crippen LogP contribution in [0.4, 0.5) is 0 Å². The van der Waals surface area contributed by atoms with Gasteiger partial charge < -0.3 is 9.47 Å². The highest BCUT2D eigenvalue weighted by atomic mass is 35.7. The van der Waals surface area contributed by atoms with Crippen LogP contribution >= 0.6 is 22.2 Å². The van der Waals surface area contributed by atoms with Crippen LogP contribution in [-0.4, -0.2) is 26.7 Å². The van der Waals surface area contributed by atoms with E-state index in [1.54, 1.807) is 0 Å². The summed E-state index contributed by atoms with van der Waals surface area (Å²) in [7, 11) is -1.45. The van der Waals surface area contributed by atoms with Gasteiger partial charge in [-0.05, 0) is 68.2 Å². The van der Waals surface area contributed by atoms with Gasteiger partial charge in [0.25, 0.3) is 0 Å². The molecule has 0 aromatic heterocycles. The third-order valence-electron chi connectivity index (χ3n) is 4.42. The summed E-state index contributed by atoms with van der Waals surface area (Å²) in [5, 5.41) is 0. The molecule has 0 unspecified atom stereocenters. The number of benzene rings is 1.